The zero-order valence-electron chi connectivity index (χ0n) is 13.0. The third-order valence-electron chi connectivity index (χ3n) is 4.10. The molecular weight excluding hydrogens is 290 g/mol. The minimum Gasteiger partial charge on any atom is -0.313 e. The number of likely N-dealkylation sites (N-methyl/N-ethyl adjacent to an activating group) is 1. The predicted molar refractivity (Wildman–Crippen MR) is 88.5 cm³/mol. The summed E-state index contributed by atoms with van der Waals surface area (Å²) in [7, 11) is 1.72. The van der Waals surface area contributed by atoms with E-state index in [-0.39, 0.29) is 17.7 Å². The highest BCUT2D eigenvalue weighted by molar-refractivity contribution is 6.13. The van der Waals surface area contributed by atoms with E-state index in [2.05, 4.69) is 10.3 Å². The minimum absolute atomic E-state index is 0.0104. The Morgan fingerprint density at radius 1 is 1.17 bits per heavy atom. The molecule has 1 aliphatic heterocycles. The van der Waals surface area contributed by atoms with Crippen LogP contribution in [0.25, 0.3) is 0 Å². The summed E-state index contributed by atoms with van der Waals surface area (Å²) in [6.45, 7) is 0.860. The number of carbonyl (C=O) groups is 2. The average Bonchev–Trinajstić information content (AvgIpc) is 3.15. The second kappa shape index (κ2) is 6.71. The Hall–Kier alpha value is -2.53. The maximum atomic E-state index is 12.7. The molecule has 1 amide bonds. The molecule has 2 aromatic rings. The number of hydrogen-bond acceptors (Lipinski definition) is 4. The fourth-order valence-corrected chi connectivity index (χ4v) is 2.84. The molecule has 0 saturated carbocycles. The molecule has 1 N–H and O–H groups in total. The summed E-state index contributed by atoms with van der Waals surface area (Å²) < 4.78 is 0. The fourth-order valence-electron chi connectivity index (χ4n) is 2.84. The van der Waals surface area contributed by atoms with Crippen LogP contribution in [0.4, 0.5) is 5.69 Å². The van der Waals surface area contributed by atoms with E-state index in [4.69, 9.17) is 0 Å². The van der Waals surface area contributed by atoms with Crippen LogP contribution in [-0.2, 0) is 4.79 Å². The third-order valence-corrected chi connectivity index (χ3v) is 4.10. The van der Waals surface area contributed by atoms with Gasteiger partial charge in [-0.1, -0.05) is 18.2 Å². The number of benzene rings is 1. The van der Waals surface area contributed by atoms with Gasteiger partial charge in [0, 0.05) is 18.8 Å². The Labute approximate surface area is 135 Å². The van der Waals surface area contributed by atoms with Gasteiger partial charge in [-0.05, 0) is 43.7 Å². The van der Waals surface area contributed by atoms with E-state index in [9.17, 15) is 9.59 Å². The van der Waals surface area contributed by atoms with Gasteiger partial charge in [0.1, 0.15) is 5.69 Å². The van der Waals surface area contributed by atoms with Crippen LogP contribution in [0.3, 0.4) is 0 Å². The van der Waals surface area contributed by atoms with Crippen molar-refractivity contribution < 1.29 is 9.59 Å². The first-order valence-corrected chi connectivity index (χ1v) is 7.74. The Morgan fingerprint density at radius 3 is 2.65 bits per heavy atom. The molecule has 0 unspecified atom stereocenters. The van der Waals surface area contributed by atoms with Crippen LogP contribution in [0.1, 0.15) is 28.9 Å². The van der Waals surface area contributed by atoms with Crippen LogP contribution in [0.15, 0.2) is 48.7 Å². The summed E-state index contributed by atoms with van der Waals surface area (Å²) in [5.41, 5.74) is 1.47. The van der Waals surface area contributed by atoms with Crippen LogP contribution in [-0.4, -0.2) is 36.3 Å². The zero-order valence-corrected chi connectivity index (χ0v) is 13.0. The standard InChI is InChI=1S/C18H19N3O2/c1-21(18(23)15-9-6-12-20-15)16-10-3-2-7-13(16)17(22)14-8-4-5-11-19-14/h2-5,7-8,10-11,15,20H,6,9,12H2,1H3/t15-/m0/s1. The summed E-state index contributed by atoms with van der Waals surface area (Å²) in [4.78, 5) is 31.0. The molecule has 23 heavy (non-hydrogen) atoms. The summed E-state index contributed by atoms with van der Waals surface area (Å²) >= 11 is 0. The van der Waals surface area contributed by atoms with Crippen molar-refractivity contribution in [1.82, 2.24) is 10.3 Å². The molecule has 0 spiro atoms. The van der Waals surface area contributed by atoms with Gasteiger partial charge in [0.15, 0.2) is 0 Å². The van der Waals surface area contributed by atoms with Gasteiger partial charge < -0.3 is 10.2 Å². The molecule has 1 atom stereocenters. The maximum absolute atomic E-state index is 12.7. The minimum atomic E-state index is -0.180. The van der Waals surface area contributed by atoms with Crippen molar-refractivity contribution in [2.75, 3.05) is 18.5 Å². The van der Waals surface area contributed by atoms with Crippen molar-refractivity contribution >= 4 is 17.4 Å². The van der Waals surface area contributed by atoms with E-state index in [1.165, 1.54) is 0 Å². The Bertz CT molecular complexity index is 709. The van der Waals surface area contributed by atoms with Gasteiger partial charge in [-0.25, -0.2) is 0 Å². The molecule has 5 heteroatoms. The first-order valence-electron chi connectivity index (χ1n) is 7.74. The monoisotopic (exact) mass is 309 g/mol. The summed E-state index contributed by atoms with van der Waals surface area (Å²) in [5, 5.41) is 3.20. The highest BCUT2D eigenvalue weighted by Crippen LogP contribution is 2.23. The topological polar surface area (TPSA) is 62.3 Å². The second-order valence-electron chi connectivity index (χ2n) is 5.61. The van der Waals surface area contributed by atoms with Gasteiger partial charge in [-0.15, -0.1) is 0 Å². The number of ketones is 1. The number of anilines is 1. The predicted octanol–water partition coefficient (Wildman–Crippen LogP) is 2.03. The Morgan fingerprint density at radius 2 is 1.96 bits per heavy atom. The molecule has 3 rings (SSSR count). The molecule has 1 fully saturated rings. The number of nitrogens with one attached hydrogen (secondary N) is 1. The molecule has 5 nitrogen and oxygen atoms in total. The number of amides is 1. The van der Waals surface area contributed by atoms with Gasteiger partial charge in [0.2, 0.25) is 11.7 Å². The number of hydrogen-bond donors (Lipinski definition) is 1. The van der Waals surface area contributed by atoms with Gasteiger partial charge >= 0.3 is 0 Å². The number of pyridine rings is 1. The summed E-state index contributed by atoms with van der Waals surface area (Å²) in [5.74, 6) is -0.191. The number of aromatic nitrogens is 1. The zero-order chi connectivity index (χ0) is 16.2. The molecule has 1 aromatic carbocycles. The van der Waals surface area contributed by atoms with Crippen molar-refractivity contribution in [2.24, 2.45) is 0 Å². The first kappa shape index (κ1) is 15.4. The molecule has 1 aromatic heterocycles. The normalized spacial score (nSPS) is 17.0. The lowest BCUT2D eigenvalue weighted by Gasteiger charge is -2.23. The van der Waals surface area contributed by atoms with Gasteiger partial charge in [-0.3, -0.25) is 14.6 Å². The Balaban J connectivity index is 1.91. The van der Waals surface area contributed by atoms with Crippen molar-refractivity contribution in [2.45, 2.75) is 18.9 Å². The second-order valence-corrected chi connectivity index (χ2v) is 5.61. The molecule has 0 aliphatic carbocycles. The molecule has 118 valence electrons. The SMILES string of the molecule is CN(C(=O)[C@@H]1CCCN1)c1ccccc1C(=O)c1ccccn1. The lowest BCUT2D eigenvalue weighted by molar-refractivity contribution is -0.119. The summed E-state index contributed by atoms with van der Waals surface area (Å²) in [6.07, 6.45) is 3.42. The van der Waals surface area contributed by atoms with Crippen LogP contribution in [0.5, 0.6) is 0 Å². The third kappa shape index (κ3) is 3.14. The van der Waals surface area contributed by atoms with E-state index < -0.39 is 0 Å². The van der Waals surface area contributed by atoms with E-state index in [0.717, 1.165) is 19.4 Å². The van der Waals surface area contributed by atoms with Gasteiger partial charge in [0.25, 0.3) is 0 Å². The smallest absolute Gasteiger partial charge is 0.243 e. The van der Waals surface area contributed by atoms with Crippen LogP contribution < -0.4 is 10.2 Å². The first-order chi connectivity index (χ1) is 11.2. The quantitative estimate of drug-likeness (QED) is 0.878. The lowest BCUT2D eigenvalue weighted by Crippen LogP contribution is -2.42. The largest absolute Gasteiger partial charge is 0.313 e. The van der Waals surface area contributed by atoms with E-state index in [1.807, 2.05) is 6.07 Å². The molecule has 0 radical (unpaired) electrons. The number of rotatable bonds is 4. The van der Waals surface area contributed by atoms with Crippen molar-refractivity contribution in [3.8, 4) is 0 Å². The van der Waals surface area contributed by atoms with Crippen LogP contribution >= 0.6 is 0 Å². The van der Waals surface area contributed by atoms with E-state index in [1.54, 1.807) is 54.5 Å². The number of nitrogens with zero attached hydrogens (tertiary/aromatic N) is 2. The Kier molecular flexibility index (Phi) is 4.48. The molecule has 2 heterocycles. The molecule has 1 aliphatic rings. The van der Waals surface area contributed by atoms with Crippen LogP contribution in [0.2, 0.25) is 0 Å². The highest BCUT2D eigenvalue weighted by Gasteiger charge is 2.27. The number of para-hydroxylation sites is 1. The molecular formula is C18H19N3O2. The lowest BCUT2D eigenvalue weighted by atomic mass is 10.0. The highest BCUT2D eigenvalue weighted by atomic mass is 16.2. The van der Waals surface area contributed by atoms with E-state index >= 15 is 0 Å². The van der Waals surface area contributed by atoms with Crippen molar-refractivity contribution in [3.05, 3.63) is 59.9 Å². The molecule has 1 saturated heterocycles. The fraction of sp³-hybridized carbons (Fsp3) is 0.278. The number of carbonyl (C=O) groups excluding carboxylic acids is 2. The maximum Gasteiger partial charge on any atom is 0.243 e. The molecule has 0 bridgehead atoms. The van der Waals surface area contributed by atoms with Crippen molar-refractivity contribution in [1.29, 1.82) is 0 Å². The van der Waals surface area contributed by atoms with Crippen LogP contribution in [0, 0.1) is 0 Å². The average molecular weight is 309 g/mol. The van der Waals surface area contributed by atoms with Gasteiger partial charge in [0.05, 0.1) is 11.7 Å². The van der Waals surface area contributed by atoms with E-state index in [0.29, 0.717) is 16.9 Å². The van der Waals surface area contributed by atoms with Gasteiger partial charge in [-0.2, -0.15) is 0 Å². The van der Waals surface area contributed by atoms with Crippen molar-refractivity contribution in [3.63, 3.8) is 0 Å². The summed E-state index contributed by atoms with van der Waals surface area (Å²) in [6, 6.07) is 12.2.